The Morgan fingerprint density at radius 3 is 2.48 bits per heavy atom. The number of aryl methyl sites for hydroxylation is 1. The van der Waals surface area contributed by atoms with Crippen molar-refractivity contribution < 1.29 is 8.42 Å². The van der Waals surface area contributed by atoms with Crippen LogP contribution >= 0.6 is 11.6 Å². The molecule has 0 spiro atoms. The highest BCUT2D eigenvalue weighted by molar-refractivity contribution is 7.90. The summed E-state index contributed by atoms with van der Waals surface area (Å²) in [7, 11) is -3.39. The second-order valence-corrected chi connectivity index (χ2v) is 9.51. The molecule has 3 rings (SSSR count). The molecular formula is C21H24ClNO3S. The van der Waals surface area contributed by atoms with Crippen molar-refractivity contribution in [1.29, 1.82) is 0 Å². The van der Waals surface area contributed by atoms with Crippen LogP contribution in [0.15, 0.2) is 46.1 Å². The van der Waals surface area contributed by atoms with E-state index in [0.717, 1.165) is 41.5 Å². The van der Waals surface area contributed by atoms with Crippen LogP contribution in [0.25, 0.3) is 5.57 Å². The smallest absolute Gasteiger partial charge is 0.251 e. The fraction of sp³-hybridized carbons (Fsp3) is 0.381. The van der Waals surface area contributed by atoms with Crippen LogP contribution in [0, 0.1) is 5.92 Å². The molecule has 1 aliphatic carbocycles. The minimum atomic E-state index is -3.39. The number of halogens is 1. The Bertz CT molecular complexity index is 1030. The van der Waals surface area contributed by atoms with E-state index in [-0.39, 0.29) is 15.5 Å². The SMILES string of the molecule is CCc1ccc(C(=CC2CCCC2)c2ccc(S(C)(=O)=O)c(Cl)c2)[nH]c1=O. The lowest BCUT2D eigenvalue weighted by molar-refractivity contribution is 0.602. The maximum absolute atomic E-state index is 12.3. The Hall–Kier alpha value is -1.85. The zero-order valence-corrected chi connectivity index (χ0v) is 17.2. The molecule has 0 amide bonds. The van der Waals surface area contributed by atoms with Gasteiger partial charge in [-0.05, 0) is 48.9 Å². The zero-order valence-electron chi connectivity index (χ0n) is 15.6. The van der Waals surface area contributed by atoms with Crippen LogP contribution in [0.5, 0.6) is 0 Å². The first-order chi connectivity index (χ1) is 12.8. The zero-order chi connectivity index (χ0) is 19.6. The summed E-state index contributed by atoms with van der Waals surface area (Å²) in [5, 5.41) is 0.194. The number of H-pyrrole nitrogens is 1. The normalized spacial score (nSPS) is 16.0. The molecule has 0 unspecified atom stereocenters. The minimum Gasteiger partial charge on any atom is -0.322 e. The molecule has 0 bridgehead atoms. The summed E-state index contributed by atoms with van der Waals surface area (Å²) in [4.78, 5) is 15.4. The highest BCUT2D eigenvalue weighted by Crippen LogP contribution is 2.33. The second kappa shape index (κ2) is 8.03. The van der Waals surface area contributed by atoms with Crippen LogP contribution in [-0.2, 0) is 16.3 Å². The third kappa shape index (κ3) is 4.53. The van der Waals surface area contributed by atoms with Gasteiger partial charge in [0, 0.05) is 23.1 Å². The summed E-state index contributed by atoms with van der Waals surface area (Å²) in [6, 6.07) is 8.73. The van der Waals surface area contributed by atoms with Gasteiger partial charge in [0.1, 0.15) is 0 Å². The Kier molecular flexibility index (Phi) is 5.92. The van der Waals surface area contributed by atoms with Crippen molar-refractivity contribution in [2.24, 2.45) is 5.92 Å². The van der Waals surface area contributed by atoms with E-state index in [4.69, 9.17) is 11.6 Å². The average Bonchev–Trinajstić information content (AvgIpc) is 3.11. The van der Waals surface area contributed by atoms with Crippen LogP contribution in [0.1, 0.15) is 49.4 Å². The number of benzene rings is 1. The van der Waals surface area contributed by atoms with Crippen molar-refractivity contribution >= 4 is 27.0 Å². The summed E-state index contributed by atoms with van der Waals surface area (Å²) in [5.41, 5.74) is 3.07. The monoisotopic (exact) mass is 405 g/mol. The van der Waals surface area contributed by atoms with E-state index in [2.05, 4.69) is 11.1 Å². The lowest BCUT2D eigenvalue weighted by Crippen LogP contribution is -2.13. The topological polar surface area (TPSA) is 67.0 Å². The molecule has 1 aromatic heterocycles. The summed E-state index contributed by atoms with van der Waals surface area (Å²) in [6.07, 6.45) is 8.65. The predicted octanol–water partition coefficient (Wildman–Crippen LogP) is 4.62. The minimum absolute atomic E-state index is 0.0915. The van der Waals surface area contributed by atoms with Crippen molar-refractivity contribution in [2.45, 2.75) is 43.9 Å². The van der Waals surface area contributed by atoms with Crippen LogP contribution in [0.2, 0.25) is 5.02 Å². The van der Waals surface area contributed by atoms with Gasteiger partial charge in [-0.15, -0.1) is 0 Å². The molecule has 0 atom stereocenters. The molecule has 1 heterocycles. The number of sulfone groups is 1. The van der Waals surface area contributed by atoms with Gasteiger partial charge in [-0.2, -0.15) is 0 Å². The Morgan fingerprint density at radius 2 is 1.93 bits per heavy atom. The fourth-order valence-electron chi connectivity index (χ4n) is 3.61. The third-order valence-electron chi connectivity index (χ3n) is 5.11. The summed E-state index contributed by atoms with van der Waals surface area (Å²) in [6.45, 7) is 1.95. The van der Waals surface area contributed by atoms with Gasteiger partial charge in [0.25, 0.3) is 5.56 Å². The summed E-state index contributed by atoms with van der Waals surface area (Å²) in [5.74, 6) is 0.447. The van der Waals surface area contributed by atoms with E-state index >= 15 is 0 Å². The number of rotatable bonds is 5. The van der Waals surface area contributed by atoms with Crippen molar-refractivity contribution in [3.8, 4) is 0 Å². The molecule has 2 aromatic rings. The lowest BCUT2D eigenvalue weighted by Gasteiger charge is -2.14. The van der Waals surface area contributed by atoms with E-state index < -0.39 is 9.84 Å². The summed E-state index contributed by atoms with van der Waals surface area (Å²) >= 11 is 6.26. The number of aromatic nitrogens is 1. The van der Waals surface area contributed by atoms with Gasteiger partial charge in [0.05, 0.1) is 9.92 Å². The highest BCUT2D eigenvalue weighted by atomic mass is 35.5. The van der Waals surface area contributed by atoms with Crippen LogP contribution < -0.4 is 5.56 Å². The molecule has 0 aliphatic heterocycles. The standard InChI is InChI=1S/C21H24ClNO3S/c1-3-15-8-10-19(23-21(15)24)17(12-14-6-4-5-7-14)16-9-11-20(18(22)13-16)27(2,25)26/h8-14H,3-7H2,1-2H3,(H,23,24). The molecule has 4 nitrogen and oxygen atoms in total. The molecule has 27 heavy (non-hydrogen) atoms. The van der Waals surface area contributed by atoms with Crippen LogP contribution in [0.4, 0.5) is 0 Å². The predicted molar refractivity (Wildman–Crippen MR) is 110 cm³/mol. The van der Waals surface area contributed by atoms with Gasteiger partial charge in [0.15, 0.2) is 9.84 Å². The molecule has 144 valence electrons. The maximum Gasteiger partial charge on any atom is 0.251 e. The van der Waals surface area contributed by atoms with E-state index in [0.29, 0.717) is 12.3 Å². The third-order valence-corrected chi connectivity index (χ3v) is 6.69. The van der Waals surface area contributed by atoms with Crippen LogP contribution in [0.3, 0.4) is 0 Å². The van der Waals surface area contributed by atoms with Gasteiger partial charge in [-0.3, -0.25) is 4.79 Å². The number of aromatic amines is 1. The Labute approximate surface area is 165 Å². The second-order valence-electron chi connectivity index (χ2n) is 7.12. The van der Waals surface area contributed by atoms with Gasteiger partial charge in [-0.1, -0.05) is 49.6 Å². The number of allylic oxidation sites excluding steroid dienone is 1. The van der Waals surface area contributed by atoms with Crippen molar-refractivity contribution in [3.63, 3.8) is 0 Å². The molecule has 6 heteroatoms. The molecule has 1 saturated carbocycles. The van der Waals surface area contributed by atoms with Crippen molar-refractivity contribution in [3.05, 3.63) is 68.6 Å². The molecule has 0 saturated heterocycles. The first kappa shape index (κ1) is 19.9. The molecule has 1 aromatic carbocycles. The average molecular weight is 406 g/mol. The molecular weight excluding hydrogens is 382 g/mol. The number of hydrogen-bond donors (Lipinski definition) is 1. The maximum atomic E-state index is 12.3. The molecule has 0 radical (unpaired) electrons. The van der Waals surface area contributed by atoms with Gasteiger partial charge in [-0.25, -0.2) is 8.42 Å². The van der Waals surface area contributed by atoms with E-state index in [1.165, 1.54) is 18.9 Å². The molecule has 1 aliphatic rings. The van der Waals surface area contributed by atoms with Gasteiger partial charge < -0.3 is 4.98 Å². The number of hydrogen-bond acceptors (Lipinski definition) is 3. The lowest BCUT2D eigenvalue weighted by atomic mass is 9.95. The van der Waals surface area contributed by atoms with Crippen molar-refractivity contribution in [1.82, 2.24) is 4.98 Å². The van der Waals surface area contributed by atoms with Crippen LogP contribution in [-0.4, -0.2) is 19.7 Å². The summed E-state index contributed by atoms with van der Waals surface area (Å²) < 4.78 is 23.7. The van der Waals surface area contributed by atoms with Gasteiger partial charge >= 0.3 is 0 Å². The first-order valence-electron chi connectivity index (χ1n) is 9.24. The van der Waals surface area contributed by atoms with E-state index in [1.807, 2.05) is 19.1 Å². The van der Waals surface area contributed by atoms with E-state index in [9.17, 15) is 13.2 Å². The van der Waals surface area contributed by atoms with E-state index in [1.54, 1.807) is 12.1 Å². The first-order valence-corrected chi connectivity index (χ1v) is 11.5. The Balaban J connectivity index is 2.12. The van der Waals surface area contributed by atoms with Crippen molar-refractivity contribution in [2.75, 3.05) is 6.26 Å². The fourth-order valence-corrected chi connectivity index (χ4v) is 4.94. The van der Waals surface area contributed by atoms with Gasteiger partial charge in [0.2, 0.25) is 0 Å². The highest BCUT2D eigenvalue weighted by Gasteiger charge is 2.18. The molecule has 1 fully saturated rings. The number of nitrogens with one attached hydrogen (secondary N) is 1. The number of pyridine rings is 1. The molecule has 1 N–H and O–H groups in total. The Morgan fingerprint density at radius 1 is 1.22 bits per heavy atom. The largest absolute Gasteiger partial charge is 0.322 e. The quantitative estimate of drug-likeness (QED) is 0.789.